The van der Waals surface area contributed by atoms with Crippen LogP contribution in [0.5, 0.6) is 0 Å². The standard InChI is InChI=1S/C15H22N8O9S2/c1-6-9(12(26)23(6)34(28,29)30)19-11(25)10(7-5-33-14(16)18-7)22-32-15(2,3)13(27)21-20-8(24)4-31-17/h5-6,9H,4,17H2,1-3H3,(H2,16,18)(H,19,25)(H,20,24)(H,21,27)(H,28,29,30)/b22-10-/t6-,9-/m0/s1. The number of nitrogens with one attached hydrogen (secondary N) is 3. The molecule has 1 aromatic heterocycles. The van der Waals surface area contributed by atoms with Crippen LogP contribution in [0.2, 0.25) is 0 Å². The molecule has 0 aromatic carbocycles. The minimum absolute atomic E-state index is 0.0596. The monoisotopic (exact) mass is 522 g/mol. The van der Waals surface area contributed by atoms with Crippen molar-refractivity contribution in [1.82, 2.24) is 25.5 Å². The summed E-state index contributed by atoms with van der Waals surface area (Å²) < 4.78 is 31.7. The van der Waals surface area contributed by atoms with Crippen molar-refractivity contribution in [2.24, 2.45) is 11.1 Å². The maximum atomic E-state index is 12.8. The minimum Gasteiger partial charge on any atom is -0.379 e. The van der Waals surface area contributed by atoms with Gasteiger partial charge < -0.3 is 15.9 Å². The summed E-state index contributed by atoms with van der Waals surface area (Å²) in [6.07, 6.45) is 0. The molecule has 2 heterocycles. The number of nitrogens with two attached hydrogens (primary N) is 2. The van der Waals surface area contributed by atoms with Crippen LogP contribution >= 0.6 is 11.3 Å². The molecule has 0 spiro atoms. The van der Waals surface area contributed by atoms with Crippen LogP contribution in [0.4, 0.5) is 5.13 Å². The molecule has 2 atom stereocenters. The van der Waals surface area contributed by atoms with E-state index in [2.05, 4.69) is 25.7 Å². The fourth-order valence-corrected chi connectivity index (χ4v) is 3.93. The van der Waals surface area contributed by atoms with Gasteiger partial charge in [0.25, 0.3) is 23.6 Å². The highest BCUT2D eigenvalue weighted by atomic mass is 32.2. The molecule has 19 heteroatoms. The number of hydrogen-bond donors (Lipinski definition) is 6. The second kappa shape index (κ2) is 10.3. The molecule has 8 N–H and O–H groups in total. The SMILES string of the molecule is C[C@H]1[C@H](NC(=O)/C(=N\OC(C)(C)C(=O)NNC(=O)CON)c2csc(N)n2)C(=O)N1S(=O)(=O)O. The summed E-state index contributed by atoms with van der Waals surface area (Å²) in [4.78, 5) is 61.7. The number of carbonyl (C=O) groups is 4. The summed E-state index contributed by atoms with van der Waals surface area (Å²) in [5.74, 6) is 1.05. The smallest absolute Gasteiger partial charge is 0.362 e. The first-order valence-corrected chi connectivity index (χ1v) is 11.5. The van der Waals surface area contributed by atoms with E-state index in [4.69, 9.17) is 21.0 Å². The van der Waals surface area contributed by atoms with Gasteiger partial charge >= 0.3 is 10.3 Å². The fraction of sp³-hybridized carbons (Fsp3) is 0.467. The lowest BCUT2D eigenvalue weighted by Gasteiger charge is -2.42. The number of hydrogen-bond acceptors (Lipinski definition) is 13. The second-order valence-corrected chi connectivity index (χ2v) is 9.41. The lowest BCUT2D eigenvalue weighted by molar-refractivity contribution is -0.146. The normalized spacial score (nSPS) is 18.7. The van der Waals surface area contributed by atoms with Gasteiger partial charge in [-0.2, -0.15) is 8.42 Å². The van der Waals surface area contributed by atoms with Gasteiger partial charge in [-0.1, -0.05) is 5.16 Å². The van der Waals surface area contributed by atoms with Crippen molar-refractivity contribution in [2.45, 2.75) is 38.5 Å². The average molecular weight is 523 g/mol. The fourth-order valence-electron chi connectivity index (χ4n) is 2.50. The zero-order valence-electron chi connectivity index (χ0n) is 18.0. The molecule has 0 unspecified atom stereocenters. The van der Waals surface area contributed by atoms with Crippen LogP contribution in [0, 0.1) is 0 Å². The molecule has 17 nitrogen and oxygen atoms in total. The largest absolute Gasteiger partial charge is 0.379 e. The topological polar surface area (TPSA) is 258 Å². The van der Waals surface area contributed by atoms with Crippen LogP contribution in [0.25, 0.3) is 0 Å². The van der Waals surface area contributed by atoms with Gasteiger partial charge in [0.2, 0.25) is 5.60 Å². The van der Waals surface area contributed by atoms with Crippen molar-refractivity contribution in [3.05, 3.63) is 11.1 Å². The molecule has 0 saturated carbocycles. The van der Waals surface area contributed by atoms with Gasteiger partial charge in [0.1, 0.15) is 18.3 Å². The zero-order valence-corrected chi connectivity index (χ0v) is 19.6. The first-order valence-electron chi connectivity index (χ1n) is 9.19. The van der Waals surface area contributed by atoms with Crippen LogP contribution in [0.1, 0.15) is 26.5 Å². The van der Waals surface area contributed by atoms with Gasteiger partial charge in [0, 0.05) is 5.38 Å². The number of amides is 4. The summed E-state index contributed by atoms with van der Waals surface area (Å²) in [6, 6.07) is -2.38. The average Bonchev–Trinajstić information content (AvgIpc) is 3.15. The summed E-state index contributed by atoms with van der Waals surface area (Å²) in [6.45, 7) is 3.29. The number of aromatic nitrogens is 1. The minimum atomic E-state index is -4.80. The van der Waals surface area contributed by atoms with Crippen molar-refractivity contribution in [1.29, 1.82) is 0 Å². The van der Waals surface area contributed by atoms with Gasteiger partial charge in [-0.15, -0.1) is 11.3 Å². The van der Waals surface area contributed by atoms with Gasteiger partial charge in [0.15, 0.2) is 10.8 Å². The molecule has 1 aromatic rings. The van der Waals surface area contributed by atoms with E-state index < -0.39 is 63.9 Å². The van der Waals surface area contributed by atoms with Crippen molar-refractivity contribution in [3.63, 3.8) is 0 Å². The lowest BCUT2D eigenvalue weighted by Crippen LogP contribution is -2.71. The molecule has 1 fully saturated rings. The molecule has 0 bridgehead atoms. The highest BCUT2D eigenvalue weighted by Gasteiger charge is 2.51. The predicted octanol–water partition coefficient (Wildman–Crippen LogP) is -3.22. The number of nitrogen functional groups attached to an aromatic ring is 1. The Morgan fingerprint density at radius 3 is 2.50 bits per heavy atom. The van der Waals surface area contributed by atoms with E-state index in [1.54, 1.807) is 0 Å². The van der Waals surface area contributed by atoms with E-state index in [9.17, 15) is 27.6 Å². The van der Waals surface area contributed by atoms with Gasteiger partial charge in [-0.05, 0) is 20.8 Å². The Morgan fingerprint density at radius 2 is 2.00 bits per heavy atom. The van der Waals surface area contributed by atoms with E-state index in [0.717, 1.165) is 11.3 Å². The zero-order chi connectivity index (χ0) is 25.8. The summed E-state index contributed by atoms with van der Waals surface area (Å²) in [7, 11) is -4.80. The van der Waals surface area contributed by atoms with Crippen LogP contribution < -0.4 is 27.8 Å². The first-order chi connectivity index (χ1) is 15.7. The molecule has 4 amide bonds. The molecule has 1 aliphatic rings. The Labute approximate surface area is 196 Å². The van der Waals surface area contributed by atoms with Crippen LogP contribution in [0.3, 0.4) is 0 Å². The first kappa shape index (κ1) is 26.9. The summed E-state index contributed by atoms with van der Waals surface area (Å²) >= 11 is 0.963. The molecule has 188 valence electrons. The quantitative estimate of drug-likeness (QED) is 0.0810. The number of rotatable bonds is 9. The Kier molecular flexibility index (Phi) is 8.10. The number of oxime groups is 1. The maximum Gasteiger partial charge on any atom is 0.362 e. The van der Waals surface area contributed by atoms with E-state index in [1.807, 2.05) is 5.43 Å². The van der Waals surface area contributed by atoms with Crippen molar-refractivity contribution < 1.29 is 41.8 Å². The molecule has 1 aliphatic heterocycles. The molecule has 34 heavy (non-hydrogen) atoms. The third kappa shape index (κ3) is 6.14. The predicted molar refractivity (Wildman–Crippen MR) is 114 cm³/mol. The van der Waals surface area contributed by atoms with E-state index >= 15 is 0 Å². The highest BCUT2D eigenvalue weighted by molar-refractivity contribution is 7.84. The van der Waals surface area contributed by atoms with Crippen LogP contribution in [-0.2, 0) is 39.2 Å². The van der Waals surface area contributed by atoms with Gasteiger partial charge in [-0.25, -0.2) is 15.2 Å². The number of thiazole rings is 1. The number of carbonyl (C=O) groups excluding carboxylic acids is 4. The number of β-lactam (4-membered cyclic amide) rings is 1. The van der Waals surface area contributed by atoms with Crippen LogP contribution in [-0.4, -0.2) is 75.9 Å². The van der Waals surface area contributed by atoms with Crippen molar-refractivity contribution in [2.75, 3.05) is 12.3 Å². The molecule has 2 rings (SSSR count). The van der Waals surface area contributed by atoms with Crippen LogP contribution in [0.15, 0.2) is 10.5 Å². The van der Waals surface area contributed by atoms with Gasteiger partial charge in [-0.3, -0.25) is 39.4 Å². The molecule has 0 radical (unpaired) electrons. The Balaban J connectivity index is 2.18. The molecular formula is C15H22N8O9S2. The molecule has 1 saturated heterocycles. The second-order valence-electron chi connectivity index (χ2n) is 7.23. The summed E-state index contributed by atoms with van der Waals surface area (Å²) in [5.41, 5.74) is 7.38. The Bertz CT molecular complexity index is 1120. The maximum absolute atomic E-state index is 12.8. The number of anilines is 1. The van der Waals surface area contributed by atoms with Gasteiger partial charge in [0.05, 0.1) is 6.04 Å². The Morgan fingerprint density at radius 1 is 1.35 bits per heavy atom. The number of nitrogens with zero attached hydrogens (tertiary/aromatic N) is 3. The number of hydrazine groups is 1. The third-order valence-electron chi connectivity index (χ3n) is 4.29. The molecule has 0 aliphatic carbocycles. The van der Waals surface area contributed by atoms with E-state index in [-0.39, 0.29) is 15.1 Å². The Hall–Kier alpha value is -3.39. The van der Waals surface area contributed by atoms with Crippen molar-refractivity contribution in [3.8, 4) is 0 Å². The van der Waals surface area contributed by atoms with E-state index in [1.165, 1.54) is 26.2 Å². The lowest BCUT2D eigenvalue weighted by atomic mass is 10.0. The highest BCUT2D eigenvalue weighted by Crippen LogP contribution is 2.23. The summed E-state index contributed by atoms with van der Waals surface area (Å²) in [5, 5.41) is 7.37. The van der Waals surface area contributed by atoms with E-state index in [0.29, 0.717) is 0 Å². The van der Waals surface area contributed by atoms with Crippen molar-refractivity contribution >= 4 is 56.1 Å². The third-order valence-corrected chi connectivity index (χ3v) is 5.98. The molecular weight excluding hydrogens is 500 g/mol.